The van der Waals surface area contributed by atoms with Gasteiger partial charge in [0.15, 0.2) is 6.29 Å². The van der Waals surface area contributed by atoms with E-state index in [4.69, 9.17) is 23.8 Å². The Hall–Kier alpha value is -0.120. The molecule has 0 aromatic rings. The molecule has 0 aromatic carbocycles. The van der Waals surface area contributed by atoms with E-state index in [9.17, 15) is 0 Å². The van der Waals surface area contributed by atoms with Crippen LogP contribution in [0.2, 0.25) is 0 Å². The smallest absolute Gasteiger partial charge is 0.163 e. The monoisotopic (exact) mass is 193 g/mol. The van der Waals surface area contributed by atoms with Gasteiger partial charge in [0, 0.05) is 8.66 Å². The van der Waals surface area contributed by atoms with Crippen molar-refractivity contribution in [3.8, 4) is 0 Å². The third-order valence-electron chi connectivity index (χ3n) is 1.64. The maximum Gasteiger partial charge on any atom is 0.163 e. The van der Waals surface area contributed by atoms with Gasteiger partial charge in [0.2, 0.25) is 0 Å². The zero-order valence-corrected chi connectivity index (χ0v) is 7.88. The van der Waals surface area contributed by atoms with Gasteiger partial charge in [-0.2, -0.15) is 0 Å². The summed E-state index contributed by atoms with van der Waals surface area (Å²) in [7, 11) is 0. The number of rotatable bonds is 1. The van der Waals surface area contributed by atoms with Crippen LogP contribution in [0.4, 0.5) is 0 Å². The Morgan fingerprint density at radius 2 is 2.23 bits per heavy atom. The summed E-state index contributed by atoms with van der Waals surface area (Å²) in [6, 6.07) is 0. The quantitative estimate of drug-likeness (QED) is 0.632. The van der Waals surface area contributed by atoms with Crippen LogP contribution in [0.5, 0.6) is 0 Å². The molecule has 3 heteroatoms. The molecule has 3 atom stereocenters. The van der Waals surface area contributed by atoms with Crippen molar-refractivity contribution in [2.24, 2.45) is 5.92 Å². The summed E-state index contributed by atoms with van der Waals surface area (Å²) in [5.74, 6) is -1.54. The summed E-state index contributed by atoms with van der Waals surface area (Å²) in [6.07, 6.45) is -6.53. The van der Waals surface area contributed by atoms with Crippen molar-refractivity contribution in [1.29, 1.82) is 0 Å². The molecule has 0 spiro atoms. The highest BCUT2D eigenvalue weighted by Crippen LogP contribution is 2.34. The summed E-state index contributed by atoms with van der Waals surface area (Å²) < 4.78 is 69.9. The standard InChI is InChI=1S/C10H18O3/c1-10(2,3)13-8-6-12-9-7(8)4-5-11-9/h7-9H,4-6H2,1-3H3/t7-,8-,9+/m0/s1/i4D2,5D2,6D2,8D. The Labute approximate surface area is 89.2 Å². The lowest BCUT2D eigenvalue weighted by Crippen LogP contribution is -2.32. The van der Waals surface area contributed by atoms with Gasteiger partial charge in [0.1, 0.15) is 0 Å². The zero-order chi connectivity index (χ0) is 15.8. The van der Waals surface area contributed by atoms with Crippen LogP contribution >= 0.6 is 0 Å². The SMILES string of the molecule is [2H]C1([2H])O[C@@H]2OC([2H])([2H])[C@]([2H])(OC(C)(C)C)[C@@H]2C1([2H])[2H]. The molecular formula is C10H18O3. The Bertz CT molecular complexity index is 420. The van der Waals surface area contributed by atoms with Crippen molar-refractivity contribution in [3.05, 3.63) is 0 Å². The fourth-order valence-electron chi connectivity index (χ4n) is 1.17. The van der Waals surface area contributed by atoms with Gasteiger partial charge in [0.05, 0.1) is 31.7 Å². The molecule has 0 radical (unpaired) electrons. The molecule has 2 saturated heterocycles. The summed E-state index contributed by atoms with van der Waals surface area (Å²) >= 11 is 0. The van der Waals surface area contributed by atoms with Crippen molar-refractivity contribution in [2.75, 3.05) is 13.1 Å². The van der Waals surface area contributed by atoms with E-state index in [-0.39, 0.29) is 0 Å². The topological polar surface area (TPSA) is 27.7 Å². The molecule has 2 rings (SSSR count). The predicted molar refractivity (Wildman–Crippen MR) is 48.4 cm³/mol. The molecule has 2 heterocycles. The Balaban J connectivity index is 2.49. The molecule has 2 aliphatic rings. The lowest BCUT2D eigenvalue weighted by molar-refractivity contribution is -0.0929. The number of ether oxygens (including phenoxy) is 3. The van der Waals surface area contributed by atoms with Crippen molar-refractivity contribution < 1.29 is 23.8 Å². The maximum absolute atomic E-state index is 8.29. The zero-order valence-electron chi connectivity index (χ0n) is 14.9. The fourth-order valence-corrected chi connectivity index (χ4v) is 1.17. The van der Waals surface area contributed by atoms with E-state index in [1.807, 2.05) is 0 Å². The van der Waals surface area contributed by atoms with Gasteiger partial charge in [-0.3, -0.25) is 0 Å². The predicted octanol–water partition coefficient (Wildman–Crippen LogP) is 1.56. The lowest BCUT2D eigenvalue weighted by atomic mass is 10.0. The molecule has 0 aliphatic carbocycles. The molecule has 13 heavy (non-hydrogen) atoms. The highest BCUT2D eigenvalue weighted by molar-refractivity contribution is 4.85. The molecule has 2 aliphatic heterocycles. The van der Waals surface area contributed by atoms with Crippen molar-refractivity contribution in [3.63, 3.8) is 0 Å². The summed E-state index contributed by atoms with van der Waals surface area (Å²) in [6.45, 7) is -0.474. The second-order valence-corrected chi connectivity index (χ2v) is 4.01. The van der Waals surface area contributed by atoms with Crippen molar-refractivity contribution in [2.45, 2.75) is 45.1 Å². The first-order valence-electron chi connectivity index (χ1n) is 7.70. The fraction of sp³-hybridized carbons (Fsp3) is 1.00. The molecule has 0 N–H and O–H groups in total. The minimum Gasteiger partial charge on any atom is -0.370 e. The number of fused-ring (bicyclic) bond motifs is 1. The molecule has 76 valence electrons. The minimum atomic E-state index is -2.67. The lowest BCUT2D eigenvalue weighted by Gasteiger charge is -2.26. The maximum atomic E-state index is 8.29. The average Bonchev–Trinajstić information content (AvgIpc) is 2.37. The van der Waals surface area contributed by atoms with Crippen LogP contribution in [0.15, 0.2) is 0 Å². The first-order chi connectivity index (χ1) is 8.64. The second-order valence-electron chi connectivity index (χ2n) is 4.01. The Kier molecular flexibility index (Phi) is 1.03. The van der Waals surface area contributed by atoms with Crippen molar-refractivity contribution in [1.82, 2.24) is 0 Å². The molecule has 0 aromatic heterocycles. The Morgan fingerprint density at radius 3 is 2.92 bits per heavy atom. The minimum absolute atomic E-state index is 0.932. The van der Waals surface area contributed by atoms with E-state index in [0.717, 1.165) is 0 Å². The molecule has 0 amide bonds. The third kappa shape index (κ3) is 2.03. The van der Waals surface area contributed by atoms with Gasteiger partial charge in [-0.05, 0) is 27.1 Å². The normalized spacial score (nSPS) is 64.7. The highest BCUT2D eigenvalue weighted by atomic mass is 16.7. The van der Waals surface area contributed by atoms with E-state index < -0.39 is 43.4 Å². The van der Waals surface area contributed by atoms with Gasteiger partial charge in [-0.25, -0.2) is 0 Å². The summed E-state index contributed by atoms with van der Waals surface area (Å²) in [5.41, 5.74) is -0.932. The number of hydrogen-bond donors (Lipinski definition) is 0. The molecule has 0 unspecified atom stereocenters. The third-order valence-corrected chi connectivity index (χ3v) is 1.64. The summed E-state index contributed by atoms with van der Waals surface area (Å²) in [5, 5.41) is 0. The van der Waals surface area contributed by atoms with E-state index >= 15 is 0 Å². The van der Waals surface area contributed by atoms with Crippen LogP contribution in [0.1, 0.15) is 36.7 Å². The summed E-state index contributed by atoms with van der Waals surface area (Å²) in [4.78, 5) is 0. The van der Waals surface area contributed by atoms with Gasteiger partial charge < -0.3 is 14.2 Å². The van der Waals surface area contributed by atoms with Crippen LogP contribution in [0.3, 0.4) is 0 Å². The van der Waals surface area contributed by atoms with Crippen LogP contribution in [-0.4, -0.2) is 31.1 Å². The van der Waals surface area contributed by atoms with Crippen LogP contribution < -0.4 is 0 Å². The molecule has 0 bridgehead atoms. The first kappa shape index (κ1) is 4.17. The molecular weight excluding hydrogens is 168 g/mol. The van der Waals surface area contributed by atoms with Gasteiger partial charge in [-0.1, -0.05) is 0 Å². The highest BCUT2D eigenvalue weighted by Gasteiger charge is 2.43. The van der Waals surface area contributed by atoms with Gasteiger partial charge >= 0.3 is 0 Å². The van der Waals surface area contributed by atoms with E-state index in [1.54, 1.807) is 20.8 Å². The van der Waals surface area contributed by atoms with E-state index in [1.165, 1.54) is 0 Å². The molecule has 0 saturated carbocycles. The Morgan fingerprint density at radius 1 is 1.46 bits per heavy atom. The second kappa shape index (κ2) is 3.23. The largest absolute Gasteiger partial charge is 0.370 e. The number of hydrogen-bond acceptors (Lipinski definition) is 3. The van der Waals surface area contributed by atoms with Gasteiger partial charge in [-0.15, -0.1) is 0 Å². The van der Waals surface area contributed by atoms with E-state index in [2.05, 4.69) is 0 Å². The van der Waals surface area contributed by atoms with Crippen LogP contribution in [0, 0.1) is 5.92 Å². The van der Waals surface area contributed by atoms with Crippen LogP contribution in [-0.2, 0) is 14.2 Å². The van der Waals surface area contributed by atoms with Crippen molar-refractivity contribution >= 4 is 0 Å². The molecule has 2 fully saturated rings. The van der Waals surface area contributed by atoms with Crippen LogP contribution in [0.25, 0.3) is 0 Å². The van der Waals surface area contributed by atoms with E-state index in [0.29, 0.717) is 0 Å². The van der Waals surface area contributed by atoms with Gasteiger partial charge in [0.25, 0.3) is 0 Å². The first-order valence-corrected chi connectivity index (χ1v) is 4.20. The average molecular weight is 193 g/mol. The molecule has 3 nitrogen and oxygen atoms in total.